The van der Waals surface area contributed by atoms with Gasteiger partial charge in [-0.2, -0.15) is 0 Å². The van der Waals surface area contributed by atoms with Crippen LogP contribution in [0.3, 0.4) is 0 Å². The molecule has 1 N–H and O–H groups in total. The molecule has 0 saturated carbocycles. The molecule has 30 heavy (non-hydrogen) atoms. The molecular weight excluding hydrogens is 383 g/mol. The lowest BCUT2D eigenvalue weighted by molar-refractivity contribution is -0.920. The Balaban J connectivity index is 1.33. The van der Waals surface area contributed by atoms with E-state index in [1.165, 1.54) is 39.6 Å². The Labute approximate surface area is 176 Å². The number of carbonyl (C=O) groups is 2. The third-order valence-electron chi connectivity index (χ3n) is 6.23. The Morgan fingerprint density at radius 3 is 2.33 bits per heavy atom. The molecule has 2 amide bonds. The van der Waals surface area contributed by atoms with E-state index < -0.39 is 0 Å². The molecule has 5 nitrogen and oxygen atoms in total. The number of halogens is 1. The molecule has 2 aromatic rings. The van der Waals surface area contributed by atoms with Crippen molar-refractivity contribution < 1.29 is 23.6 Å². The number of ether oxygens (including phenoxy) is 1. The lowest BCUT2D eigenvalue weighted by Crippen LogP contribution is -3.17. The molecule has 0 aromatic heterocycles. The second kappa shape index (κ2) is 8.96. The Bertz CT molecular complexity index is 890. The van der Waals surface area contributed by atoms with Crippen molar-refractivity contribution in [2.45, 2.75) is 38.6 Å². The van der Waals surface area contributed by atoms with Crippen LogP contribution < -0.4 is 14.5 Å². The standard InChI is InChI=1S/C24H27FN2O3/c1-2-30-21-9-3-17(4-10-21)15-18-11-13-26(14-12-18)22-16-23(28)27(24(22)29)20-7-5-19(25)6-8-20/h3-10,18,22H,2,11-16H2,1H3/p+1/t22-/m0/s1. The Morgan fingerprint density at radius 1 is 1.03 bits per heavy atom. The van der Waals surface area contributed by atoms with E-state index in [1.807, 2.05) is 19.1 Å². The molecule has 1 atom stereocenters. The Morgan fingerprint density at radius 2 is 1.70 bits per heavy atom. The number of rotatable bonds is 6. The molecule has 6 heteroatoms. The molecule has 2 heterocycles. The highest BCUT2D eigenvalue weighted by Crippen LogP contribution is 2.24. The van der Waals surface area contributed by atoms with Crippen LogP contribution in [-0.4, -0.2) is 37.6 Å². The second-order valence-corrected chi connectivity index (χ2v) is 8.18. The average molecular weight is 411 g/mol. The summed E-state index contributed by atoms with van der Waals surface area (Å²) in [5.74, 6) is 0.754. The molecule has 0 aliphatic carbocycles. The van der Waals surface area contributed by atoms with Crippen molar-refractivity contribution in [3.8, 4) is 5.75 Å². The van der Waals surface area contributed by atoms with Gasteiger partial charge in [0.15, 0.2) is 6.04 Å². The van der Waals surface area contributed by atoms with Gasteiger partial charge >= 0.3 is 0 Å². The Kier molecular flexibility index (Phi) is 6.13. The molecule has 4 rings (SSSR count). The summed E-state index contributed by atoms with van der Waals surface area (Å²) in [4.78, 5) is 27.8. The van der Waals surface area contributed by atoms with Gasteiger partial charge < -0.3 is 9.64 Å². The maximum absolute atomic E-state index is 13.2. The normalized spacial score (nSPS) is 24.3. The number of likely N-dealkylation sites (tertiary alicyclic amines) is 1. The zero-order chi connectivity index (χ0) is 21.1. The van der Waals surface area contributed by atoms with E-state index in [0.717, 1.165) is 38.1 Å². The number of amides is 2. The van der Waals surface area contributed by atoms with Crippen LogP contribution in [0.5, 0.6) is 5.75 Å². The number of nitrogens with zero attached hydrogens (tertiary/aromatic N) is 1. The van der Waals surface area contributed by atoms with E-state index in [2.05, 4.69) is 12.1 Å². The SMILES string of the molecule is CCOc1ccc(CC2CC[NH+]([C@H]3CC(=O)N(c4ccc(F)cc4)C3=O)CC2)cc1. The zero-order valence-corrected chi connectivity index (χ0v) is 17.3. The summed E-state index contributed by atoms with van der Waals surface area (Å²) in [7, 11) is 0. The molecule has 2 saturated heterocycles. The second-order valence-electron chi connectivity index (χ2n) is 8.18. The van der Waals surface area contributed by atoms with Crippen molar-refractivity contribution in [2.24, 2.45) is 5.92 Å². The first-order chi connectivity index (χ1) is 14.5. The number of imide groups is 1. The van der Waals surface area contributed by atoms with E-state index in [1.54, 1.807) is 0 Å². The van der Waals surface area contributed by atoms with Crippen molar-refractivity contribution >= 4 is 17.5 Å². The van der Waals surface area contributed by atoms with Crippen molar-refractivity contribution in [2.75, 3.05) is 24.6 Å². The van der Waals surface area contributed by atoms with Gasteiger partial charge in [0.05, 0.1) is 31.8 Å². The van der Waals surface area contributed by atoms with Gasteiger partial charge in [-0.3, -0.25) is 9.59 Å². The summed E-state index contributed by atoms with van der Waals surface area (Å²) >= 11 is 0. The van der Waals surface area contributed by atoms with Gasteiger partial charge in [0.25, 0.3) is 5.91 Å². The fraction of sp³-hybridized carbons (Fsp3) is 0.417. The van der Waals surface area contributed by atoms with Gasteiger partial charge in [0.2, 0.25) is 5.91 Å². The molecule has 2 aromatic carbocycles. The van der Waals surface area contributed by atoms with Crippen molar-refractivity contribution in [3.63, 3.8) is 0 Å². The van der Waals surface area contributed by atoms with Crippen LogP contribution in [0.2, 0.25) is 0 Å². The summed E-state index contributed by atoms with van der Waals surface area (Å²) in [6, 6.07) is 13.5. The van der Waals surface area contributed by atoms with Crippen LogP contribution in [0.25, 0.3) is 0 Å². The van der Waals surface area contributed by atoms with Gasteiger partial charge in [-0.05, 0) is 74.1 Å². The number of hydrogen-bond acceptors (Lipinski definition) is 3. The molecule has 2 aliphatic heterocycles. The molecule has 0 radical (unpaired) electrons. The third-order valence-corrected chi connectivity index (χ3v) is 6.23. The number of anilines is 1. The third kappa shape index (κ3) is 4.38. The quantitative estimate of drug-likeness (QED) is 0.743. The average Bonchev–Trinajstić information content (AvgIpc) is 3.05. The minimum absolute atomic E-state index is 0.161. The van der Waals surface area contributed by atoms with Gasteiger partial charge in [-0.1, -0.05) is 12.1 Å². The molecule has 0 bridgehead atoms. The van der Waals surface area contributed by atoms with Crippen molar-refractivity contribution in [1.82, 2.24) is 0 Å². The fourth-order valence-corrected chi connectivity index (χ4v) is 4.64. The first-order valence-electron chi connectivity index (χ1n) is 10.7. The minimum Gasteiger partial charge on any atom is -0.494 e. The first kappa shape index (κ1) is 20.5. The monoisotopic (exact) mass is 411 g/mol. The summed E-state index contributed by atoms with van der Waals surface area (Å²) in [6.07, 6.45) is 3.34. The number of hydrogen-bond donors (Lipinski definition) is 1. The van der Waals surface area contributed by atoms with E-state index in [0.29, 0.717) is 18.2 Å². The number of benzene rings is 2. The van der Waals surface area contributed by atoms with Gasteiger partial charge in [0, 0.05) is 0 Å². The number of carbonyl (C=O) groups excluding carboxylic acids is 2. The lowest BCUT2D eigenvalue weighted by Gasteiger charge is -2.32. The molecule has 2 aliphatic rings. The molecule has 2 fully saturated rings. The highest BCUT2D eigenvalue weighted by atomic mass is 19.1. The lowest BCUT2D eigenvalue weighted by atomic mass is 9.89. The smallest absolute Gasteiger partial charge is 0.292 e. The van der Waals surface area contributed by atoms with Crippen LogP contribution in [0.15, 0.2) is 48.5 Å². The summed E-state index contributed by atoms with van der Waals surface area (Å²) in [5.41, 5.74) is 1.76. The van der Waals surface area contributed by atoms with Gasteiger partial charge in [0.1, 0.15) is 11.6 Å². The maximum Gasteiger partial charge on any atom is 0.292 e. The highest BCUT2D eigenvalue weighted by Gasteiger charge is 2.46. The van der Waals surface area contributed by atoms with Gasteiger partial charge in [-0.25, -0.2) is 9.29 Å². The van der Waals surface area contributed by atoms with E-state index in [4.69, 9.17) is 4.74 Å². The van der Waals surface area contributed by atoms with Crippen molar-refractivity contribution in [1.29, 1.82) is 0 Å². The highest BCUT2D eigenvalue weighted by molar-refractivity contribution is 6.21. The van der Waals surface area contributed by atoms with Crippen LogP contribution in [-0.2, 0) is 16.0 Å². The fourth-order valence-electron chi connectivity index (χ4n) is 4.64. The van der Waals surface area contributed by atoms with E-state index in [9.17, 15) is 14.0 Å². The van der Waals surface area contributed by atoms with E-state index in [-0.39, 0.29) is 30.1 Å². The van der Waals surface area contributed by atoms with Crippen LogP contribution in [0.1, 0.15) is 31.7 Å². The number of piperidine rings is 1. The zero-order valence-electron chi connectivity index (χ0n) is 17.3. The van der Waals surface area contributed by atoms with Crippen molar-refractivity contribution in [3.05, 3.63) is 59.9 Å². The molecule has 0 spiro atoms. The van der Waals surface area contributed by atoms with Crippen LogP contribution in [0.4, 0.5) is 10.1 Å². The topological polar surface area (TPSA) is 51.1 Å². The van der Waals surface area contributed by atoms with Gasteiger partial charge in [-0.15, -0.1) is 0 Å². The minimum atomic E-state index is -0.380. The summed E-state index contributed by atoms with van der Waals surface area (Å²) in [6.45, 7) is 4.43. The Hall–Kier alpha value is -2.73. The molecule has 158 valence electrons. The van der Waals surface area contributed by atoms with E-state index >= 15 is 0 Å². The summed E-state index contributed by atoms with van der Waals surface area (Å²) < 4.78 is 18.7. The maximum atomic E-state index is 13.2. The largest absolute Gasteiger partial charge is 0.494 e. The molecule has 0 unspecified atom stereocenters. The van der Waals surface area contributed by atoms with Crippen LogP contribution in [0, 0.1) is 11.7 Å². The predicted octanol–water partition coefficient (Wildman–Crippen LogP) is 2.39. The predicted molar refractivity (Wildman–Crippen MR) is 112 cm³/mol. The number of nitrogens with one attached hydrogen (secondary N) is 1. The summed E-state index contributed by atoms with van der Waals surface area (Å²) in [5, 5.41) is 0. The van der Waals surface area contributed by atoms with Crippen LogP contribution >= 0.6 is 0 Å². The number of quaternary nitrogens is 1. The molecular formula is C24H28FN2O3+. The first-order valence-corrected chi connectivity index (χ1v) is 10.7.